The minimum atomic E-state index is 0. The maximum atomic E-state index is 0. The molecule has 0 aliphatic rings. The summed E-state index contributed by atoms with van der Waals surface area (Å²) in [5.74, 6) is 0. The van der Waals surface area contributed by atoms with Gasteiger partial charge in [-0.2, -0.15) is 0 Å². The van der Waals surface area contributed by atoms with Crippen molar-refractivity contribution in [1.82, 2.24) is 0 Å². The summed E-state index contributed by atoms with van der Waals surface area (Å²) in [5, 5.41) is 0. The first kappa shape index (κ1) is 38.2. The molecule has 0 saturated carbocycles. The first-order valence-electron chi connectivity index (χ1n) is 0. The van der Waals surface area contributed by atoms with Gasteiger partial charge in [0.05, 0.1) is 0 Å². The molecule has 0 heterocycles. The van der Waals surface area contributed by atoms with Crippen LogP contribution in [-0.2, 0) is 55.5 Å². The van der Waals surface area contributed by atoms with Crippen LogP contribution in [0.4, 0.5) is 0 Å². The molecule has 0 fully saturated rings. The molecule has 0 amide bonds. The fourth-order valence-corrected chi connectivity index (χ4v) is 0. The van der Waals surface area contributed by atoms with Gasteiger partial charge >= 0.3 is 0 Å². The van der Waals surface area contributed by atoms with Crippen molar-refractivity contribution >= 4 is 11.0 Å². The van der Waals surface area contributed by atoms with Crippen LogP contribution in [0.5, 0.6) is 0 Å². The van der Waals surface area contributed by atoms with E-state index in [0.717, 1.165) is 0 Å². The number of hydrogen-bond acceptors (Lipinski definition) is 0. The van der Waals surface area contributed by atoms with Gasteiger partial charge in [-0.3, -0.25) is 0 Å². The number of hydrogen-bond donors (Lipinski definition) is 0. The molecule has 0 atom stereocenters. The van der Waals surface area contributed by atoms with Crippen molar-refractivity contribution in [3.05, 3.63) is 0 Å². The van der Waals surface area contributed by atoms with Gasteiger partial charge in [-0.15, -0.1) is 0 Å². The molecule has 0 spiro atoms. The van der Waals surface area contributed by atoms with Crippen molar-refractivity contribution in [2.45, 2.75) is 0 Å². The van der Waals surface area contributed by atoms with Gasteiger partial charge in [-0.25, -0.2) is 0 Å². The Labute approximate surface area is 66.0 Å². The van der Waals surface area contributed by atoms with E-state index in [2.05, 4.69) is 0 Å². The average molecular weight is 232 g/mol. The van der Waals surface area contributed by atoms with Crippen molar-refractivity contribution in [3.63, 3.8) is 0 Å². The molecule has 0 nitrogen and oxygen atoms in total. The predicted octanol–water partition coefficient (Wildman–Crippen LogP) is -0.388. The zero-order chi connectivity index (χ0) is 0. The van der Waals surface area contributed by atoms with Crippen LogP contribution in [0.2, 0.25) is 0 Å². The molecule has 0 unspecified atom stereocenters. The van der Waals surface area contributed by atoms with E-state index in [-0.39, 0.29) is 66.5 Å². The zero-order valence-electron chi connectivity index (χ0n) is 1.67. The van der Waals surface area contributed by atoms with Crippen molar-refractivity contribution in [3.8, 4) is 0 Å². The smallest absolute Gasteiger partial charge is 0 e. The van der Waals surface area contributed by atoms with Gasteiger partial charge < -0.3 is 0 Å². The van der Waals surface area contributed by atoms with Crippen LogP contribution in [0.15, 0.2) is 0 Å². The van der Waals surface area contributed by atoms with E-state index in [1.54, 1.807) is 0 Å². The molecule has 0 aromatic heterocycles. The summed E-state index contributed by atoms with van der Waals surface area (Å²) >= 11 is 0. The molecule has 0 bridgehead atoms. The molecule has 0 saturated heterocycles. The summed E-state index contributed by atoms with van der Waals surface area (Å²) in [6.07, 6.45) is 0. The van der Waals surface area contributed by atoms with Crippen LogP contribution in [0, 0.1) is 0 Å². The Morgan fingerprint density at radius 1 is 1.00 bits per heavy atom. The summed E-state index contributed by atoms with van der Waals surface area (Å²) in [6.45, 7) is 0. The maximum absolute atomic E-state index is 0. The second kappa shape index (κ2) is 20.3. The topological polar surface area (TPSA) is 0 Å². The minimum absolute atomic E-state index is 0. The van der Waals surface area contributed by atoms with Crippen LogP contribution in [0.3, 0.4) is 0 Å². The normalized spacial score (nSPS) is 0. The van der Waals surface area contributed by atoms with Crippen LogP contribution >= 0.6 is 0 Å². The Balaban J connectivity index is 0. The van der Waals surface area contributed by atoms with Gasteiger partial charge in [0.1, 0.15) is 0 Å². The first-order valence-corrected chi connectivity index (χ1v) is 0. The molecule has 0 aromatic carbocycles. The van der Waals surface area contributed by atoms with E-state index in [9.17, 15) is 0 Å². The van der Waals surface area contributed by atoms with Gasteiger partial charge in [0.15, 0.2) is 0 Å². The standard InChI is InChI=1S/Cr.Fe.Mo.Si. The molecule has 0 N–H and O–H groups in total. The van der Waals surface area contributed by atoms with Gasteiger partial charge in [0.25, 0.3) is 0 Å². The molecular formula is CrFeMoSi. The monoisotopic (exact) mass is 234 g/mol. The fourth-order valence-electron chi connectivity index (χ4n) is 0. The summed E-state index contributed by atoms with van der Waals surface area (Å²) in [5.41, 5.74) is 0. The summed E-state index contributed by atoms with van der Waals surface area (Å²) < 4.78 is 0. The first-order chi connectivity index (χ1) is 0. The second-order valence-corrected chi connectivity index (χ2v) is 0. The van der Waals surface area contributed by atoms with Crippen molar-refractivity contribution in [1.29, 1.82) is 0 Å². The van der Waals surface area contributed by atoms with Gasteiger partial charge in [-0.1, -0.05) is 0 Å². The molecular weight excluding hydrogens is 232 g/mol. The Morgan fingerprint density at radius 3 is 1.00 bits per heavy atom. The summed E-state index contributed by atoms with van der Waals surface area (Å²) in [7, 11) is 0. The molecule has 4 heteroatoms. The fraction of sp³-hybridized carbons (Fsp3) is 0. The van der Waals surface area contributed by atoms with E-state index < -0.39 is 0 Å². The largest absolute Gasteiger partial charge is 0 e. The molecule has 4 heavy (non-hydrogen) atoms. The van der Waals surface area contributed by atoms with Gasteiger partial charge in [-0.05, 0) is 0 Å². The third-order valence-electron chi connectivity index (χ3n) is 0. The van der Waals surface area contributed by atoms with Crippen LogP contribution in [-0.4, -0.2) is 11.0 Å². The molecule has 24 valence electrons. The minimum Gasteiger partial charge on any atom is 0 e. The Hall–Kier alpha value is 1.96. The molecule has 0 rings (SSSR count). The summed E-state index contributed by atoms with van der Waals surface area (Å²) in [6, 6.07) is 0. The van der Waals surface area contributed by atoms with E-state index in [1.165, 1.54) is 0 Å². The summed E-state index contributed by atoms with van der Waals surface area (Å²) in [4.78, 5) is 0. The molecule has 0 aliphatic carbocycles. The second-order valence-electron chi connectivity index (χ2n) is 0. The van der Waals surface area contributed by atoms with Crippen molar-refractivity contribution in [2.24, 2.45) is 0 Å². The van der Waals surface area contributed by atoms with Crippen molar-refractivity contribution in [2.75, 3.05) is 0 Å². The van der Waals surface area contributed by atoms with E-state index in [4.69, 9.17) is 0 Å². The van der Waals surface area contributed by atoms with Crippen LogP contribution in [0.25, 0.3) is 0 Å². The van der Waals surface area contributed by atoms with Gasteiger partial charge in [0, 0.05) is 66.5 Å². The van der Waals surface area contributed by atoms with Crippen molar-refractivity contribution < 1.29 is 55.5 Å². The van der Waals surface area contributed by atoms with E-state index in [0.29, 0.717) is 0 Å². The molecule has 0 aromatic rings. The average Bonchev–Trinajstić information content (AvgIpc) is 0. The third-order valence-corrected chi connectivity index (χ3v) is 0. The van der Waals surface area contributed by atoms with Gasteiger partial charge in [0.2, 0.25) is 0 Å². The maximum Gasteiger partial charge on any atom is 0 e. The third kappa shape index (κ3) is 9.03. The number of rotatable bonds is 0. The quantitative estimate of drug-likeness (QED) is 0.499. The Bertz CT molecular complexity index is 8.00. The SMILES string of the molecule is [Cr].[Fe].[Mo].[Si]. The van der Waals surface area contributed by atoms with Crippen LogP contribution in [0.1, 0.15) is 0 Å². The van der Waals surface area contributed by atoms with E-state index in [1.807, 2.05) is 0 Å². The van der Waals surface area contributed by atoms with E-state index >= 15 is 0 Å². The Kier molecular flexibility index (Phi) is 194. The zero-order valence-corrected chi connectivity index (χ0v) is 7.06. The Morgan fingerprint density at radius 2 is 1.00 bits per heavy atom. The molecule has 4 radical (unpaired) electrons. The molecule has 0 aliphatic heterocycles. The van der Waals surface area contributed by atoms with Crippen LogP contribution < -0.4 is 0 Å². The predicted molar refractivity (Wildman–Crippen MR) is 5.75 cm³/mol.